The Morgan fingerprint density at radius 3 is 2.81 bits per heavy atom. The maximum absolute atomic E-state index is 14.1. The molecule has 5 nitrogen and oxygen atoms in total. The molecule has 1 amide bonds. The first-order valence-electron chi connectivity index (χ1n) is 6.04. The molecule has 0 saturated heterocycles. The van der Waals surface area contributed by atoms with E-state index in [1.54, 1.807) is 18.2 Å². The van der Waals surface area contributed by atoms with E-state index in [4.69, 9.17) is 4.74 Å². The van der Waals surface area contributed by atoms with Gasteiger partial charge in [0.25, 0.3) is 5.91 Å². The molecular formula is C14H13BrFN3O2. The molecule has 2 N–H and O–H groups in total. The number of rotatable bonds is 4. The number of halogens is 2. The van der Waals surface area contributed by atoms with Crippen LogP contribution >= 0.6 is 15.9 Å². The number of methoxy groups -OCH3 is 1. The van der Waals surface area contributed by atoms with Crippen LogP contribution in [0, 0.1) is 5.82 Å². The number of anilines is 2. The maximum atomic E-state index is 14.1. The van der Waals surface area contributed by atoms with Gasteiger partial charge in [-0.2, -0.15) is 0 Å². The van der Waals surface area contributed by atoms with Crippen LogP contribution in [0.4, 0.5) is 15.9 Å². The molecule has 0 atom stereocenters. The van der Waals surface area contributed by atoms with Gasteiger partial charge in [-0.1, -0.05) is 15.9 Å². The highest BCUT2D eigenvalue weighted by Gasteiger charge is 2.17. The number of amides is 1. The number of nitrogens with one attached hydrogen (secondary N) is 2. The zero-order valence-corrected chi connectivity index (χ0v) is 13.0. The minimum Gasteiger partial charge on any atom is -0.495 e. The third-order valence-corrected chi connectivity index (χ3v) is 3.27. The van der Waals surface area contributed by atoms with Crippen molar-refractivity contribution in [3.63, 3.8) is 0 Å². The summed E-state index contributed by atoms with van der Waals surface area (Å²) in [6.07, 6.45) is 1.36. The Balaban J connectivity index is 2.32. The molecule has 0 spiro atoms. The van der Waals surface area contributed by atoms with Gasteiger partial charge in [-0.3, -0.25) is 4.79 Å². The molecule has 0 aliphatic rings. The third kappa shape index (κ3) is 3.30. The van der Waals surface area contributed by atoms with Crippen molar-refractivity contribution in [3.8, 4) is 5.75 Å². The summed E-state index contributed by atoms with van der Waals surface area (Å²) in [5, 5.41) is 5.21. The Hall–Kier alpha value is -2.15. The van der Waals surface area contributed by atoms with Gasteiger partial charge in [-0.15, -0.1) is 0 Å². The summed E-state index contributed by atoms with van der Waals surface area (Å²) in [6, 6.07) is 6.47. The average Bonchev–Trinajstić information content (AvgIpc) is 2.47. The summed E-state index contributed by atoms with van der Waals surface area (Å²) in [5.74, 6) is -0.784. The molecule has 0 bridgehead atoms. The van der Waals surface area contributed by atoms with E-state index in [-0.39, 0.29) is 11.4 Å². The Morgan fingerprint density at radius 2 is 2.14 bits per heavy atom. The number of pyridine rings is 1. The number of hydrogen-bond donors (Lipinski definition) is 2. The maximum Gasteiger partial charge on any atom is 0.258 e. The normalized spacial score (nSPS) is 10.1. The van der Waals surface area contributed by atoms with Crippen LogP contribution in [-0.4, -0.2) is 25.0 Å². The lowest BCUT2D eigenvalue weighted by atomic mass is 10.2. The van der Waals surface area contributed by atoms with Crippen LogP contribution in [0.5, 0.6) is 5.75 Å². The number of hydrogen-bond acceptors (Lipinski definition) is 4. The summed E-state index contributed by atoms with van der Waals surface area (Å²) < 4.78 is 20.0. The molecule has 0 fully saturated rings. The van der Waals surface area contributed by atoms with Crippen LogP contribution in [0.25, 0.3) is 0 Å². The van der Waals surface area contributed by atoms with Crippen molar-refractivity contribution in [2.75, 3.05) is 24.8 Å². The van der Waals surface area contributed by atoms with Gasteiger partial charge >= 0.3 is 0 Å². The van der Waals surface area contributed by atoms with Crippen molar-refractivity contribution in [3.05, 3.63) is 46.3 Å². The molecular weight excluding hydrogens is 341 g/mol. The van der Waals surface area contributed by atoms with Crippen LogP contribution in [0.3, 0.4) is 0 Å². The lowest BCUT2D eigenvalue weighted by Gasteiger charge is -2.11. The molecule has 1 aromatic heterocycles. The van der Waals surface area contributed by atoms with Gasteiger partial charge in [0.2, 0.25) is 0 Å². The number of ether oxygens (including phenoxy) is 1. The van der Waals surface area contributed by atoms with Gasteiger partial charge in [0.05, 0.1) is 18.4 Å². The third-order valence-electron chi connectivity index (χ3n) is 2.78. The van der Waals surface area contributed by atoms with Gasteiger partial charge < -0.3 is 15.4 Å². The Morgan fingerprint density at radius 1 is 1.38 bits per heavy atom. The lowest BCUT2D eigenvalue weighted by molar-refractivity contribution is 0.102. The smallest absolute Gasteiger partial charge is 0.258 e. The first-order chi connectivity index (χ1) is 10.1. The van der Waals surface area contributed by atoms with Gasteiger partial charge in [0.1, 0.15) is 5.75 Å². The number of carbonyl (C=O) groups is 1. The zero-order chi connectivity index (χ0) is 15.4. The van der Waals surface area contributed by atoms with Crippen LogP contribution < -0.4 is 15.4 Å². The van der Waals surface area contributed by atoms with Crippen molar-refractivity contribution in [1.29, 1.82) is 0 Å². The molecule has 110 valence electrons. The first-order valence-corrected chi connectivity index (χ1v) is 6.83. The van der Waals surface area contributed by atoms with Crippen LogP contribution in [0.15, 0.2) is 34.9 Å². The van der Waals surface area contributed by atoms with Gasteiger partial charge in [0.15, 0.2) is 11.6 Å². The van der Waals surface area contributed by atoms with E-state index in [2.05, 4.69) is 31.5 Å². The van der Waals surface area contributed by atoms with E-state index in [0.29, 0.717) is 11.4 Å². The number of aromatic nitrogens is 1. The summed E-state index contributed by atoms with van der Waals surface area (Å²) in [7, 11) is 3.02. The van der Waals surface area contributed by atoms with Crippen molar-refractivity contribution in [2.24, 2.45) is 0 Å². The zero-order valence-electron chi connectivity index (χ0n) is 11.4. The van der Waals surface area contributed by atoms with E-state index >= 15 is 0 Å². The quantitative estimate of drug-likeness (QED) is 0.885. The van der Waals surface area contributed by atoms with Crippen molar-refractivity contribution in [1.82, 2.24) is 4.98 Å². The molecule has 21 heavy (non-hydrogen) atoms. The summed E-state index contributed by atoms with van der Waals surface area (Å²) in [4.78, 5) is 16.0. The number of benzene rings is 1. The molecule has 7 heteroatoms. The highest BCUT2D eigenvalue weighted by molar-refractivity contribution is 9.10. The molecule has 1 aromatic carbocycles. The molecule has 0 aliphatic heterocycles. The Kier molecular flexibility index (Phi) is 4.74. The molecule has 0 saturated carbocycles. The number of nitrogens with zero attached hydrogens (tertiary/aromatic N) is 1. The summed E-state index contributed by atoms with van der Waals surface area (Å²) in [6.45, 7) is 0. The number of carbonyl (C=O) groups excluding carboxylic acids is 1. The molecule has 2 rings (SSSR count). The second-order valence-electron chi connectivity index (χ2n) is 4.07. The predicted molar refractivity (Wildman–Crippen MR) is 82.4 cm³/mol. The minimum atomic E-state index is -0.702. The Bertz CT molecular complexity index is 679. The van der Waals surface area contributed by atoms with Crippen molar-refractivity contribution in [2.45, 2.75) is 0 Å². The fourth-order valence-corrected chi connectivity index (χ4v) is 2.12. The highest BCUT2D eigenvalue weighted by atomic mass is 79.9. The SMILES string of the molecule is CNc1nccc(C(=O)Nc2cc(Br)ccc2OC)c1F. The Labute approximate surface area is 129 Å². The molecule has 0 radical (unpaired) electrons. The highest BCUT2D eigenvalue weighted by Crippen LogP contribution is 2.28. The average molecular weight is 354 g/mol. The first kappa shape index (κ1) is 15.2. The van der Waals surface area contributed by atoms with E-state index in [1.165, 1.54) is 26.4 Å². The van der Waals surface area contributed by atoms with E-state index in [0.717, 1.165) is 4.47 Å². The summed E-state index contributed by atoms with van der Waals surface area (Å²) in [5.41, 5.74) is 0.343. The fourth-order valence-electron chi connectivity index (χ4n) is 1.76. The topological polar surface area (TPSA) is 63.2 Å². The fraction of sp³-hybridized carbons (Fsp3) is 0.143. The van der Waals surface area contributed by atoms with Crippen LogP contribution in [0.2, 0.25) is 0 Å². The lowest BCUT2D eigenvalue weighted by Crippen LogP contribution is -2.15. The molecule has 2 aromatic rings. The minimum absolute atomic E-state index is 0.0175. The van der Waals surface area contributed by atoms with Gasteiger partial charge in [-0.25, -0.2) is 9.37 Å². The second-order valence-corrected chi connectivity index (χ2v) is 4.99. The van der Waals surface area contributed by atoms with Crippen molar-refractivity contribution >= 4 is 33.3 Å². The molecule has 0 aliphatic carbocycles. The summed E-state index contributed by atoms with van der Waals surface area (Å²) >= 11 is 3.31. The largest absolute Gasteiger partial charge is 0.495 e. The molecule has 1 heterocycles. The second kappa shape index (κ2) is 6.53. The van der Waals surface area contributed by atoms with E-state index in [1.807, 2.05) is 0 Å². The standard InChI is InChI=1S/C14H13BrFN3O2/c1-17-13-12(16)9(5-6-18-13)14(20)19-10-7-8(15)3-4-11(10)21-2/h3-7H,1-2H3,(H,17,18)(H,19,20). The van der Waals surface area contributed by atoms with E-state index < -0.39 is 11.7 Å². The predicted octanol–water partition coefficient (Wildman–Crippen LogP) is 3.29. The monoisotopic (exact) mass is 353 g/mol. The van der Waals surface area contributed by atoms with Crippen molar-refractivity contribution < 1.29 is 13.9 Å². The van der Waals surface area contributed by atoms with Crippen LogP contribution in [0.1, 0.15) is 10.4 Å². The van der Waals surface area contributed by atoms with E-state index in [9.17, 15) is 9.18 Å². The van der Waals surface area contributed by atoms with Crippen LogP contribution in [-0.2, 0) is 0 Å². The molecule has 0 unspecified atom stereocenters. The van der Waals surface area contributed by atoms with Gasteiger partial charge in [0, 0.05) is 17.7 Å². The van der Waals surface area contributed by atoms with Gasteiger partial charge in [-0.05, 0) is 24.3 Å².